The number of ether oxygens (including phenoxy) is 3. The van der Waals surface area contributed by atoms with Crippen LogP contribution in [0.15, 0.2) is 63.5 Å². The van der Waals surface area contributed by atoms with Crippen LogP contribution in [0.1, 0.15) is 21.9 Å². The second kappa shape index (κ2) is 8.39. The lowest BCUT2D eigenvalue weighted by Gasteiger charge is -2.18. The van der Waals surface area contributed by atoms with Gasteiger partial charge in [-0.2, -0.15) is 0 Å². The molecule has 1 amide bonds. The van der Waals surface area contributed by atoms with Crippen molar-refractivity contribution < 1.29 is 23.4 Å². The summed E-state index contributed by atoms with van der Waals surface area (Å²) in [4.78, 5) is 12.3. The van der Waals surface area contributed by atoms with Gasteiger partial charge in [-0.1, -0.05) is 28.1 Å². The van der Waals surface area contributed by atoms with Crippen molar-refractivity contribution in [3.05, 3.63) is 76.2 Å². The van der Waals surface area contributed by atoms with Crippen molar-refractivity contribution in [1.29, 1.82) is 0 Å². The van der Waals surface area contributed by atoms with Crippen molar-refractivity contribution in [3.8, 4) is 17.2 Å². The summed E-state index contributed by atoms with van der Waals surface area (Å²) in [6.07, 6.45) is 0. The number of halogens is 1. The number of hydrogen-bond donors (Lipinski definition) is 1. The minimum atomic E-state index is -0.288. The summed E-state index contributed by atoms with van der Waals surface area (Å²) in [5.41, 5.74) is 0.919. The lowest BCUT2D eigenvalue weighted by atomic mass is 10.2. The molecule has 0 aliphatic carbocycles. The Balaban J connectivity index is 1.31. The molecule has 0 spiro atoms. The molecule has 4 rings (SSSR count). The van der Waals surface area contributed by atoms with Crippen molar-refractivity contribution in [1.82, 2.24) is 5.32 Å². The number of fused-ring (bicyclic) bond motifs is 1. The number of furan rings is 1. The van der Waals surface area contributed by atoms with E-state index in [9.17, 15) is 4.79 Å². The fourth-order valence-electron chi connectivity index (χ4n) is 2.76. The molecule has 0 bridgehead atoms. The van der Waals surface area contributed by atoms with Crippen molar-refractivity contribution in [2.45, 2.75) is 13.2 Å². The Morgan fingerprint density at radius 1 is 1.04 bits per heavy atom. The maximum atomic E-state index is 12.3. The summed E-state index contributed by atoms with van der Waals surface area (Å²) < 4.78 is 23.2. The first-order valence-corrected chi connectivity index (χ1v) is 9.60. The zero-order valence-corrected chi connectivity index (χ0v) is 16.5. The molecule has 3 aromatic rings. The fraction of sp³-hybridized carbons (Fsp3) is 0.190. The topological polar surface area (TPSA) is 69.9 Å². The summed E-state index contributed by atoms with van der Waals surface area (Å²) in [6, 6.07) is 16.5. The summed E-state index contributed by atoms with van der Waals surface area (Å²) in [6.45, 7) is 1.68. The largest absolute Gasteiger partial charge is 0.486 e. The molecular formula is C21H18BrNO5. The molecule has 2 heterocycles. The zero-order chi connectivity index (χ0) is 19.3. The highest BCUT2D eigenvalue weighted by Gasteiger charge is 2.14. The van der Waals surface area contributed by atoms with Gasteiger partial charge in [0, 0.05) is 11.0 Å². The molecule has 7 heteroatoms. The quantitative estimate of drug-likeness (QED) is 0.613. The van der Waals surface area contributed by atoms with Gasteiger partial charge in [0.2, 0.25) is 0 Å². The number of amides is 1. The summed E-state index contributed by atoms with van der Waals surface area (Å²) in [5.74, 6) is 2.67. The van der Waals surface area contributed by atoms with E-state index in [2.05, 4.69) is 21.2 Å². The van der Waals surface area contributed by atoms with Gasteiger partial charge >= 0.3 is 0 Å². The van der Waals surface area contributed by atoms with E-state index in [1.807, 2.05) is 42.5 Å². The van der Waals surface area contributed by atoms with Crippen LogP contribution in [0.2, 0.25) is 0 Å². The first-order valence-electron chi connectivity index (χ1n) is 8.81. The third-order valence-corrected chi connectivity index (χ3v) is 4.62. The maximum Gasteiger partial charge on any atom is 0.287 e. The van der Waals surface area contributed by atoms with Crippen LogP contribution in [-0.2, 0) is 13.2 Å². The van der Waals surface area contributed by atoms with E-state index in [0.717, 1.165) is 21.5 Å². The monoisotopic (exact) mass is 443 g/mol. The molecular weight excluding hydrogens is 426 g/mol. The maximum absolute atomic E-state index is 12.3. The summed E-state index contributed by atoms with van der Waals surface area (Å²) in [7, 11) is 0. The van der Waals surface area contributed by atoms with Gasteiger partial charge in [0.05, 0.1) is 0 Å². The second-order valence-electron chi connectivity index (χ2n) is 6.17. The number of benzene rings is 2. The van der Waals surface area contributed by atoms with E-state index in [-0.39, 0.29) is 18.3 Å². The molecule has 0 saturated heterocycles. The highest BCUT2D eigenvalue weighted by Crippen LogP contribution is 2.30. The van der Waals surface area contributed by atoms with E-state index < -0.39 is 0 Å². The highest BCUT2D eigenvalue weighted by atomic mass is 79.9. The Hall–Kier alpha value is -2.93. The van der Waals surface area contributed by atoms with Gasteiger partial charge < -0.3 is 23.9 Å². The molecule has 0 atom stereocenters. The van der Waals surface area contributed by atoms with Gasteiger partial charge in [-0.15, -0.1) is 0 Å². The normalized spacial score (nSPS) is 12.5. The molecule has 6 nitrogen and oxygen atoms in total. The van der Waals surface area contributed by atoms with Gasteiger partial charge in [0.1, 0.15) is 31.3 Å². The van der Waals surface area contributed by atoms with Crippen molar-refractivity contribution in [2.24, 2.45) is 0 Å². The van der Waals surface area contributed by atoms with Crippen LogP contribution in [-0.4, -0.2) is 19.1 Å². The predicted molar refractivity (Wildman–Crippen MR) is 106 cm³/mol. The van der Waals surface area contributed by atoms with Crippen LogP contribution >= 0.6 is 15.9 Å². The van der Waals surface area contributed by atoms with E-state index in [0.29, 0.717) is 31.3 Å². The standard InChI is InChI=1S/C21H18BrNO5/c22-15-2-1-3-16(11-15)27-13-17-5-7-19(28-17)21(24)23-12-14-4-6-18-20(10-14)26-9-8-25-18/h1-7,10-11H,8-9,12-13H2,(H,23,24). The number of hydrogen-bond acceptors (Lipinski definition) is 5. The lowest BCUT2D eigenvalue weighted by molar-refractivity contribution is 0.0919. The molecule has 0 unspecified atom stereocenters. The fourth-order valence-corrected chi connectivity index (χ4v) is 3.13. The highest BCUT2D eigenvalue weighted by molar-refractivity contribution is 9.10. The van der Waals surface area contributed by atoms with Gasteiger partial charge in [-0.25, -0.2) is 0 Å². The number of nitrogens with one attached hydrogen (secondary N) is 1. The van der Waals surface area contributed by atoms with Crippen LogP contribution in [0.25, 0.3) is 0 Å². The Labute approximate surface area is 170 Å². The van der Waals surface area contributed by atoms with Gasteiger partial charge in [0.25, 0.3) is 5.91 Å². The Bertz CT molecular complexity index is 984. The second-order valence-corrected chi connectivity index (χ2v) is 7.09. The molecule has 2 aromatic carbocycles. The van der Waals surface area contributed by atoms with Crippen molar-refractivity contribution >= 4 is 21.8 Å². The molecule has 1 aliphatic rings. The first kappa shape index (κ1) is 18.4. The Morgan fingerprint density at radius 3 is 2.75 bits per heavy atom. The number of carbonyl (C=O) groups excluding carboxylic acids is 1. The van der Waals surface area contributed by atoms with Crippen LogP contribution in [0.4, 0.5) is 0 Å². The average molecular weight is 444 g/mol. The van der Waals surface area contributed by atoms with Crippen molar-refractivity contribution in [3.63, 3.8) is 0 Å². The van der Waals surface area contributed by atoms with Crippen LogP contribution in [0.3, 0.4) is 0 Å². The molecule has 1 aliphatic heterocycles. The molecule has 0 saturated carbocycles. The lowest BCUT2D eigenvalue weighted by Crippen LogP contribution is -2.22. The number of carbonyl (C=O) groups is 1. The molecule has 1 aromatic heterocycles. The van der Waals surface area contributed by atoms with E-state index in [1.54, 1.807) is 12.1 Å². The molecule has 1 N–H and O–H groups in total. The third-order valence-electron chi connectivity index (χ3n) is 4.12. The smallest absolute Gasteiger partial charge is 0.287 e. The predicted octanol–water partition coefficient (Wildman–Crippen LogP) is 4.32. The third kappa shape index (κ3) is 4.48. The van der Waals surface area contributed by atoms with Gasteiger partial charge in [-0.05, 0) is 48.0 Å². The van der Waals surface area contributed by atoms with Crippen LogP contribution < -0.4 is 19.5 Å². The minimum Gasteiger partial charge on any atom is -0.486 e. The van der Waals surface area contributed by atoms with Crippen molar-refractivity contribution in [2.75, 3.05) is 13.2 Å². The Kier molecular flexibility index (Phi) is 5.53. The Morgan fingerprint density at radius 2 is 1.89 bits per heavy atom. The first-order chi connectivity index (χ1) is 13.7. The van der Waals surface area contributed by atoms with E-state index >= 15 is 0 Å². The molecule has 144 valence electrons. The molecule has 0 fully saturated rings. The van der Waals surface area contributed by atoms with E-state index in [4.69, 9.17) is 18.6 Å². The molecule has 28 heavy (non-hydrogen) atoms. The minimum absolute atomic E-state index is 0.241. The average Bonchev–Trinajstić information content (AvgIpc) is 3.20. The van der Waals surface area contributed by atoms with Gasteiger partial charge in [0.15, 0.2) is 17.3 Å². The molecule has 0 radical (unpaired) electrons. The zero-order valence-electron chi connectivity index (χ0n) is 14.9. The van der Waals surface area contributed by atoms with Crippen LogP contribution in [0, 0.1) is 0 Å². The van der Waals surface area contributed by atoms with Gasteiger partial charge in [-0.3, -0.25) is 4.79 Å². The van der Waals surface area contributed by atoms with E-state index in [1.165, 1.54) is 0 Å². The number of rotatable bonds is 6. The van der Waals surface area contributed by atoms with Crippen LogP contribution in [0.5, 0.6) is 17.2 Å². The summed E-state index contributed by atoms with van der Waals surface area (Å²) >= 11 is 3.40. The summed E-state index contributed by atoms with van der Waals surface area (Å²) in [5, 5.41) is 2.84. The SMILES string of the molecule is O=C(NCc1ccc2c(c1)OCCO2)c1ccc(COc2cccc(Br)c2)o1.